The zero-order valence-electron chi connectivity index (χ0n) is 13.3. The van der Waals surface area contributed by atoms with Gasteiger partial charge in [-0.05, 0) is 35.4 Å². The molecule has 2 aromatic carbocycles. The summed E-state index contributed by atoms with van der Waals surface area (Å²) in [6.45, 7) is 0. The maximum absolute atomic E-state index is 5.38. The van der Waals surface area contributed by atoms with Crippen molar-refractivity contribution >= 4 is 11.8 Å². The number of methoxy groups -OCH3 is 3. The van der Waals surface area contributed by atoms with Crippen molar-refractivity contribution in [1.82, 2.24) is 0 Å². The number of benzene rings is 2. The van der Waals surface area contributed by atoms with Gasteiger partial charge in [0.05, 0.1) is 21.3 Å². The molecule has 0 fully saturated rings. The van der Waals surface area contributed by atoms with Gasteiger partial charge in [-0.2, -0.15) is 11.8 Å². The summed E-state index contributed by atoms with van der Waals surface area (Å²) >= 11 is 1.93. The molecule has 0 saturated heterocycles. The van der Waals surface area contributed by atoms with E-state index in [-0.39, 0.29) is 0 Å². The van der Waals surface area contributed by atoms with Gasteiger partial charge in [-0.3, -0.25) is 0 Å². The van der Waals surface area contributed by atoms with Gasteiger partial charge in [0.15, 0.2) is 11.5 Å². The molecule has 0 spiro atoms. The fourth-order valence-corrected chi connectivity index (χ4v) is 3.19. The molecule has 4 heteroatoms. The topological polar surface area (TPSA) is 27.7 Å². The second kappa shape index (κ2) is 8.59. The zero-order chi connectivity index (χ0) is 15.8. The lowest BCUT2D eigenvalue weighted by Gasteiger charge is -2.14. The van der Waals surface area contributed by atoms with Crippen LogP contribution in [-0.2, 0) is 12.2 Å². The van der Waals surface area contributed by atoms with E-state index in [4.69, 9.17) is 14.2 Å². The highest BCUT2D eigenvalue weighted by Gasteiger charge is 2.12. The smallest absolute Gasteiger partial charge is 0.203 e. The lowest BCUT2D eigenvalue weighted by atomic mass is 10.1. The first-order valence-electron chi connectivity index (χ1n) is 7.19. The standard InChI is InChI=1S/C18H22O3S/c1-19-16-11-15(12-17(20-2)18(16)21-3)9-10-22-13-14-7-5-4-6-8-14/h4-8,11-12H,9-10,13H2,1-3H3. The van der Waals surface area contributed by atoms with Gasteiger partial charge in [-0.15, -0.1) is 0 Å². The van der Waals surface area contributed by atoms with Crippen LogP contribution in [0, 0.1) is 0 Å². The van der Waals surface area contributed by atoms with E-state index in [0.29, 0.717) is 17.2 Å². The van der Waals surface area contributed by atoms with E-state index in [2.05, 4.69) is 24.3 Å². The van der Waals surface area contributed by atoms with Gasteiger partial charge in [0.1, 0.15) is 0 Å². The largest absolute Gasteiger partial charge is 0.493 e. The van der Waals surface area contributed by atoms with Crippen LogP contribution in [0.4, 0.5) is 0 Å². The van der Waals surface area contributed by atoms with E-state index in [1.54, 1.807) is 21.3 Å². The molecule has 0 aliphatic carbocycles. The first kappa shape index (κ1) is 16.6. The molecule has 0 atom stereocenters. The molecule has 118 valence electrons. The molecule has 0 aliphatic heterocycles. The van der Waals surface area contributed by atoms with Crippen LogP contribution < -0.4 is 14.2 Å². The number of hydrogen-bond donors (Lipinski definition) is 0. The lowest BCUT2D eigenvalue weighted by molar-refractivity contribution is 0.324. The van der Waals surface area contributed by atoms with Crippen molar-refractivity contribution in [2.75, 3.05) is 27.1 Å². The highest BCUT2D eigenvalue weighted by molar-refractivity contribution is 7.98. The van der Waals surface area contributed by atoms with Crippen LogP contribution in [-0.4, -0.2) is 27.1 Å². The average molecular weight is 318 g/mol. The molecule has 2 aromatic rings. The van der Waals surface area contributed by atoms with Crippen molar-refractivity contribution in [2.24, 2.45) is 0 Å². The van der Waals surface area contributed by atoms with E-state index in [9.17, 15) is 0 Å². The average Bonchev–Trinajstić information content (AvgIpc) is 2.58. The summed E-state index contributed by atoms with van der Waals surface area (Å²) in [5.41, 5.74) is 2.55. The molecule has 0 heterocycles. The summed E-state index contributed by atoms with van der Waals surface area (Å²) < 4.78 is 16.1. The predicted octanol–water partition coefficient (Wildman–Crippen LogP) is 4.19. The molecular formula is C18H22O3S. The molecule has 22 heavy (non-hydrogen) atoms. The van der Waals surface area contributed by atoms with E-state index in [1.807, 2.05) is 30.0 Å². The monoisotopic (exact) mass is 318 g/mol. The maximum atomic E-state index is 5.38. The third-order valence-corrected chi connectivity index (χ3v) is 4.40. The van der Waals surface area contributed by atoms with Crippen molar-refractivity contribution < 1.29 is 14.2 Å². The summed E-state index contributed by atoms with van der Waals surface area (Å²) in [5, 5.41) is 0. The fraction of sp³-hybridized carbons (Fsp3) is 0.333. The second-order valence-electron chi connectivity index (χ2n) is 4.82. The molecule has 0 aromatic heterocycles. The van der Waals surface area contributed by atoms with Crippen LogP contribution in [0.25, 0.3) is 0 Å². The van der Waals surface area contributed by atoms with Gasteiger partial charge in [-0.25, -0.2) is 0 Å². The molecule has 0 N–H and O–H groups in total. The van der Waals surface area contributed by atoms with Crippen LogP contribution in [0.1, 0.15) is 11.1 Å². The molecule has 3 nitrogen and oxygen atoms in total. The highest BCUT2D eigenvalue weighted by atomic mass is 32.2. The third kappa shape index (κ3) is 4.34. The molecule has 2 rings (SSSR count). The minimum atomic E-state index is 0.644. The van der Waals surface area contributed by atoms with E-state index < -0.39 is 0 Å². The van der Waals surface area contributed by atoms with Crippen molar-refractivity contribution in [1.29, 1.82) is 0 Å². The summed E-state index contributed by atoms with van der Waals surface area (Å²) in [6, 6.07) is 14.6. The summed E-state index contributed by atoms with van der Waals surface area (Å²) in [4.78, 5) is 0. The Hall–Kier alpha value is -1.81. The van der Waals surface area contributed by atoms with Crippen LogP contribution in [0.5, 0.6) is 17.2 Å². The third-order valence-electron chi connectivity index (χ3n) is 3.37. The minimum Gasteiger partial charge on any atom is -0.493 e. The van der Waals surface area contributed by atoms with Crippen LogP contribution >= 0.6 is 11.8 Å². The SMILES string of the molecule is COc1cc(CCSCc2ccccc2)cc(OC)c1OC. The Bertz CT molecular complexity index is 559. The molecule has 0 unspecified atom stereocenters. The number of aryl methyl sites for hydroxylation is 1. The summed E-state index contributed by atoms with van der Waals surface area (Å²) in [7, 11) is 4.91. The van der Waals surface area contributed by atoms with Crippen molar-refractivity contribution in [2.45, 2.75) is 12.2 Å². The van der Waals surface area contributed by atoms with Crippen molar-refractivity contribution in [3.05, 3.63) is 53.6 Å². The Kier molecular flexibility index (Phi) is 6.46. The number of hydrogen-bond acceptors (Lipinski definition) is 4. The second-order valence-corrected chi connectivity index (χ2v) is 5.93. The fourth-order valence-electron chi connectivity index (χ4n) is 2.23. The van der Waals surface area contributed by atoms with Gasteiger partial charge in [-0.1, -0.05) is 30.3 Å². The molecule has 0 saturated carbocycles. The first-order chi connectivity index (χ1) is 10.8. The number of rotatable bonds is 8. The first-order valence-corrected chi connectivity index (χ1v) is 8.34. The Labute approximate surface area is 136 Å². The molecule has 0 amide bonds. The minimum absolute atomic E-state index is 0.644. The Balaban J connectivity index is 1.95. The van der Waals surface area contributed by atoms with Gasteiger partial charge < -0.3 is 14.2 Å². The molecular weight excluding hydrogens is 296 g/mol. The highest BCUT2D eigenvalue weighted by Crippen LogP contribution is 2.38. The summed E-state index contributed by atoms with van der Waals surface area (Å²) in [5.74, 6) is 4.15. The van der Waals surface area contributed by atoms with Crippen LogP contribution in [0.3, 0.4) is 0 Å². The lowest BCUT2D eigenvalue weighted by Crippen LogP contribution is -1.98. The van der Waals surface area contributed by atoms with Crippen molar-refractivity contribution in [3.8, 4) is 17.2 Å². The van der Waals surface area contributed by atoms with Gasteiger partial charge in [0.25, 0.3) is 0 Å². The van der Waals surface area contributed by atoms with E-state index in [0.717, 1.165) is 17.9 Å². The maximum Gasteiger partial charge on any atom is 0.203 e. The Morgan fingerprint density at radius 3 is 2.00 bits per heavy atom. The summed E-state index contributed by atoms with van der Waals surface area (Å²) in [6.07, 6.45) is 0.966. The number of ether oxygens (including phenoxy) is 3. The van der Waals surface area contributed by atoms with Crippen molar-refractivity contribution in [3.63, 3.8) is 0 Å². The van der Waals surface area contributed by atoms with Crippen LogP contribution in [0.2, 0.25) is 0 Å². The predicted molar refractivity (Wildman–Crippen MR) is 92.4 cm³/mol. The Morgan fingerprint density at radius 1 is 0.818 bits per heavy atom. The van der Waals surface area contributed by atoms with Crippen LogP contribution in [0.15, 0.2) is 42.5 Å². The number of thioether (sulfide) groups is 1. The van der Waals surface area contributed by atoms with Gasteiger partial charge in [0, 0.05) is 5.75 Å². The Morgan fingerprint density at radius 2 is 1.45 bits per heavy atom. The molecule has 0 radical (unpaired) electrons. The molecule has 0 aliphatic rings. The molecule has 0 bridgehead atoms. The zero-order valence-corrected chi connectivity index (χ0v) is 14.1. The van der Waals surface area contributed by atoms with E-state index in [1.165, 1.54) is 11.1 Å². The van der Waals surface area contributed by atoms with E-state index >= 15 is 0 Å². The quantitative estimate of drug-likeness (QED) is 0.682. The normalized spacial score (nSPS) is 10.3. The van der Waals surface area contributed by atoms with Gasteiger partial charge in [0.2, 0.25) is 5.75 Å². The van der Waals surface area contributed by atoms with Gasteiger partial charge >= 0.3 is 0 Å².